The van der Waals surface area contributed by atoms with E-state index in [1.807, 2.05) is 24.3 Å². The van der Waals surface area contributed by atoms with Crippen molar-refractivity contribution in [3.05, 3.63) is 40.9 Å². The highest BCUT2D eigenvalue weighted by Gasteiger charge is 2.21. The molecule has 14 heavy (non-hydrogen) atoms. The van der Waals surface area contributed by atoms with Crippen LogP contribution in [0.5, 0.6) is 5.75 Å². The first-order valence-electron chi connectivity index (χ1n) is 4.79. The molecule has 2 heteroatoms. The Labute approximate surface area is 92.9 Å². The molecule has 1 nitrogen and oxygen atoms in total. The van der Waals surface area contributed by atoms with Gasteiger partial charge >= 0.3 is 0 Å². The van der Waals surface area contributed by atoms with Crippen LogP contribution in [0.25, 0.3) is 0 Å². The smallest absolute Gasteiger partial charge is 0.119 e. The molecule has 74 valence electrons. The Bertz CT molecular complexity index is 321. The third-order valence-electron chi connectivity index (χ3n) is 2.45. The van der Waals surface area contributed by atoms with E-state index in [0.717, 1.165) is 29.7 Å². The quantitative estimate of drug-likeness (QED) is 0.744. The van der Waals surface area contributed by atoms with Crippen molar-refractivity contribution in [3.63, 3.8) is 0 Å². The second kappa shape index (κ2) is 4.18. The highest BCUT2D eigenvalue weighted by atomic mass is 79.9. The van der Waals surface area contributed by atoms with Crippen LogP contribution in [0.4, 0.5) is 0 Å². The summed E-state index contributed by atoms with van der Waals surface area (Å²) in [6.07, 6.45) is 2.27. The molecule has 0 amide bonds. The van der Waals surface area contributed by atoms with E-state index in [9.17, 15) is 0 Å². The lowest BCUT2D eigenvalue weighted by Crippen LogP contribution is -2.21. The van der Waals surface area contributed by atoms with Crippen molar-refractivity contribution in [1.29, 1.82) is 0 Å². The van der Waals surface area contributed by atoms with Crippen molar-refractivity contribution in [2.75, 3.05) is 6.61 Å². The number of halogens is 1. The number of allylic oxidation sites excluding steroid dienone is 1. The maximum Gasteiger partial charge on any atom is 0.119 e. The fourth-order valence-corrected chi connectivity index (χ4v) is 1.88. The highest BCUT2D eigenvalue weighted by molar-refractivity contribution is 9.10. The summed E-state index contributed by atoms with van der Waals surface area (Å²) in [5, 5.41) is 0. The first-order valence-corrected chi connectivity index (χ1v) is 5.58. The molecule has 1 saturated carbocycles. The molecule has 1 aromatic rings. The average Bonchev–Trinajstić information content (AvgIpc) is 2.13. The van der Waals surface area contributed by atoms with Crippen molar-refractivity contribution in [2.45, 2.75) is 12.8 Å². The summed E-state index contributed by atoms with van der Waals surface area (Å²) in [6.45, 7) is 4.74. The number of benzene rings is 1. The van der Waals surface area contributed by atoms with Gasteiger partial charge in [0.2, 0.25) is 0 Å². The Morgan fingerprint density at radius 3 is 2.50 bits per heavy atom. The lowest BCUT2D eigenvalue weighted by atomic mass is 9.82. The predicted octanol–water partition coefficient (Wildman–Crippen LogP) is 3.79. The van der Waals surface area contributed by atoms with Gasteiger partial charge in [-0.25, -0.2) is 0 Å². The minimum absolute atomic E-state index is 0.686. The number of rotatable bonds is 3. The highest BCUT2D eigenvalue weighted by Crippen LogP contribution is 2.31. The largest absolute Gasteiger partial charge is 0.493 e. The first kappa shape index (κ1) is 9.78. The van der Waals surface area contributed by atoms with Gasteiger partial charge in [0.25, 0.3) is 0 Å². The first-order chi connectivity index (χ1) is 6.74. The molecule has 1 aliphatic carbocycles. The molecule has 0 N–H and O–H groups in total. The van der Waals surface area contributed by atoms with Crippen LogP contribution in [-0.2, 0) is 0 Å². The van der Waals surface area contributed by atoms with Gasteiger partial charge in [-0.2, -0.15) is 0 Å². The topological polar surface area (TPSA) is 9.23 Å². The van der Waals surface area contributed by atoms with Crippen molar-refractivity contribution in [1.82, 2.24) is 0 Å². The lowest BCUT2D eigenvalue weighted by Gasteiger charge is -2.27. The normalized spacial score (nSPS) is 16.5. The fourth-order valence-electron chi connectivity index (χ4n) is 1.62. The summed E-state index contributed by atoms with van der Waals surface area (Å²) >= 11 is 3.39. The fraction of sp³-hybridized carbons (Fsp3) is 0.333. The Morgan fingerprint density at radius 1 is 1.29 bits per heavy atom. The Morgan fingerprint density at radius 2 is 1.93 bits per heavy atom. The van der Waals surface area contributed by atoms with Gasteiger partial charge < -0.3 is 4.74 Å². The zero-order valence-electron chi connectivity index (χ0n) is 8.00. The van der Waals surface area contributed by atoms with E-state index in [1.165, 1.54) is 5.57 Å². The summed E-state index contributed by atoms with van der Waals surface area (Å²) in [6, 6.07) is 7.96. The molecule has 0 aliphatic heterocycles. The molecule has 0 atom stereocenters. The van der Waals surface area contributed by atoms with Crippen LogP contribution >= 0.6 is 15.9 Å². The van der Waals surface area contributed by atoms with Crippen molar-refractivity contribution < 1.29 is 4.74 Å². The van der Waals surface area contributed by atoms with Crippen LogP contribution in [0.2, 0.25) is 0 Å². The number of ether oxygens (including phenoxy) is 1. The molecular formula is C12H13BrO. The predicted molar refractivity (Wildman–Crippen MR) is 61.5 cm³/mol. The number of hydrogen-bond donors (Lipinski definition) is 0. The Balaban J connectivity index is 1.80. The molecular weight excluding hydrogens is 240 g/mol. The minimum atomic E-state index is 0.686. The van der Waals surface area contributed by atoms with Crippen LogP contribution in [-0.4, -0.2) is 6.61 Å². The Kier molecular flexibility index (Phi) is 2.92. The minimum Gasteiger partial charge on any atom is -0.493 e. The lowest BCUT2D eigenvalue weighted by molar-refractivity contribution is 0.218. The van der Waals surface area contributed by atoms with E-state index in [1.54, 1.807) is 0 Å². The molecule has 0 radical (unpaired) electrons. The zero-order valence-corrected chi connectivity index (χ0v) is 9.59. The van der Waals surface area contributed by atoms with Crippen LogP contribution in [0.1, 0.15) is 12.8 Å². The van der Waals surface area contributed by atoms with Gasteiger partial charge in [-0.05, 0) is 37.1 Å². The standard InChI is InChI=1S/C12H13BrO/c1-9-6-10(7-9)8-14-12-4-2-11(13)3-5-12/h2-5,10H,1,6-8H2. The molecule has 0 spiro atoms. The third kappa shape index (κ3) is 2.38. The molecule has 0 unspecified atom stereocenters. The summed E-state index contributed by atoms with van der Waals surface area (Å²) in [5.74, 6) is 1.64. The van der Waals surface area contributed by atoms with Crippen LogP contribution in [0.3, 0.4) is 0 Å². The molecule has 0 saturated heterocycles. The molecule has 2 rings (SSSR count). The van der Waals surface area contributed by atoms with Crippen molar-refractivity contribution in [3.8, 4) is 5.75 Å². The van der Waals surface area contributed by atoms with Gasteiger partial charge in [0.15, 0.2) is 0 Å². The Hall–Kier alpha value is -0.760. The van der Waals surface area contributed by atoms with E-state index in [-0.39, 0.29) is 0 Å². The van der Waals surface area contributed by atoms with E-state index in [0.29, 0.717) is 5.92 Å². The second-order valence-corrected chi connectivity index (χ2v) is 4.70. The van der Waals surface area contributed by atoms with Crippen molar-refractivity contribution >= 4 is 15.9 Å². The van der Waals surface area contributed by atoms with Gasteiger partial charge in [-0.3, -0.25) is 0 Å². The molecule has 0 bridgehead atoms. The van der Waals surface area contributed by atoms with Gasteiger partial charge in [0.1, 0.15) is 5.75 Å². The summed E-state index contributed by atoms with van der Waals surface area (Å²) < 4.78 is 6.74. The molecule has 0 heterocycles. The van der Waals surface area contributed by atoms with Crippen LogP contribution in [0, 0.1) is 5.92 Å². The van der Waals surface area contributed by atoms with Gasteiger partial charge in [0.05, 0.1) is 6.61 Å². The van der Waals surface area contributed by atoms with Gasteiger partial charge in [-0.15, -0.1) is 0 Å². The third-order valence-corrected chi connectivity index (χ3v) is 2.98. The van der Waals surface area contributed by atoms with Gasteiger partial charge in [-0.1, -0.05) is 28.1 Å². The summed E-state index contributed by atoms with van der Waals surface area (Å²) in [7, 11) is 0. The molecule has 1 fully saturated rings. The van der Waals surface area contributed by atoms with Crippen LogP contribution in [0.15, 0.2) is 40.9 Å². The maximum absolute atomic E-state index is 5.65. The maximum atomic E-state index is 5.65. The van der Waals surface area contributed by atoms with E-state index < -0.39 is 0 Å². The van der Waals surface area contributed by atoms with Crippen LogP contribution < -0.4 is 4.74 Å². The van der Waals surface area contributed by atoms with Gasteiger partial charge in [0, 0.05) is 10.4 Å². The average molecular weight is 253 g/mol. The second-order valence-electron chi connectivity index (χ2n) is 3.79. The van der Waals surface area contributed by atoms with E-state index in [2.05, 4.69) is 22.5 Å². The number of hydrogen-bond acceptors (Lipinski definition) is 1. The monoisotopic (exact) mass is 252 g/mol. The zero-order chi connectivity index (χ0) is 9.97. The SMILES string of the molecule is C=C1CC(COc2ccc(Br)cc2)C1. The van der Waals surface area contributed by atoms with E-state index >= 15 is 0 Å². The van der Waals surface area contributed by atoms with E-state index in [4.69, 9.17) is 4.74 Å². The molecule has 0 aromatic heterocycles. The van der Waals surface area contributed by atoms with Crippen molar-refractivity contribution in [2.24, 2.45) is 5.92 Å². The molecule has 1 aromatic carbocycles. The summed E-state index contributed by atoms with van der Waals surface area (Å²) in [5.41, 5.74) is 1.36. The molecule has 1 aliphatic rings. The summed E-state index contributed by atoms with van der Waals surface area (Å²) in [4.78, 5) is 0.